The zero-order chi connectivity index (χ0) is 18.0. The van der Waals surface area contributed by atoms with Gasteiger partial charge in [0.1, 0.15) is 5.75 Å². The highest BCUT2D eigenvalue weighted by atomic mass is 32.2. The van der Waals surface area contributed by atoms with Crippen molar-refractivity contribution in [3.8, 4) is 5.75 Å². The summed E-state index contributed by atoms with van der Waals surface area (Å²) in [5.41, 5.74) is 4.20. The lowest BCUT2D eigenvalue weighted by molar-refractivity contribution is -0.121. The second-order valence-corrected chi connectivity index (χ2v) is 6.92. The number of hydrogen-bond donors (Lipinski definition) is 0. The van der Waals surface area contributed by atoms with Crippen molar-refractivity contribution in [2.45, 2.75) is 13.8 Å². The molecule has 2 aromatic rings. The van der Waals surface area contributed by atoms with Crippen molar-refractivity contribution in [1.82, 2.24) is 4.90 Å². The fourth-order valence-corrected chi connectivity index (χ4v) is 3.43. The van der Waals surface area contributed by atoms with E-state index < -0.39 is 0 Å². The molecule has 0 atom stereocenters. The lowest BCUT2D eigenvalue weighted by Crippen LogP contribution is -2.23. The normalized spacial score (nSPS) is 17.6. The van der Waals surface area contributed by atoms with E-state index in [2.05, 4.69) is 18.8 Å². The maximum absolute atomic E-state index is 12.5. The van der Waals surface area contributed by atoms with Crippen LogP contribution in [0, 0.1) is 13.8 Å². The molecule has 0 aliphatic carbocycles. The number of amidine groups is 1. The Hall–Kier alpha value is -2.53. The van der Waals surface area contributed by atoms with Crippen molar-refractivity contribution < 1.29 is 9.53 Å². The Kier molecular flexibility index (Phi) is 4.95. The Morgan fingerprint density at radius 1 is 1.12 bits per heavy atom. The summed E-state index contributed by atoms with van der Waals surface area (Å²) in [4.78, 5) is 19.4. The topological polar surface area (TPSA) is 41.9 Å². The SMILES string of the molecule is COc1cccc(/C=C2/SC(=Nc3ccc(C)c(C)c3)N(C)C2=O)c1. The predicted octanol–water partition coefficient (Wildman–Crippen LogP) is 4.55. The van der Waals surface area contributed by atoms with Crippen molar-refractivity contribution >= 4 is 34.6 Å². The molecule has 1 saturated heterocycles. The number of carbonyl (C=O) groups excluding carboxylic acids is 1. The molecule has 4 nitrogen and oxygen atoms in total. The smallest absolute Gasteiger partial charge is 0.266 e. The maximum atomic E-state index is 12.5. The zero-order valence-electron chi connectivity index (χ0n) is 14.7. The van der Waals surface area contributed by atoms with E-state index in [1.165, 1.54) is 22.9 Å². The average molecular weight is 352 g/mol. The molecular weight excluding hydrogens is 332 g/mol. The van der Waals surface area contributed by atoms with Crippen LogP contribution < -0.4 is 4.74 Å². The Labute approximate surface area is 152 Å². The number of methoxy groups -OCH3 is 1. The number of nitrogens with zero attached hydrogens (tertiary/aromatic N) is 2. The van der Waals surface area contributed by atoms with E-state index in [1.54, 1.807) is 19.1 Å². The monoisotopic (exact) mass is 352 g/mol. The molecule has 25 heavy (non-hydrogen) atoms. The standard InChI is InChI=1S/C20H20N2O2S/c1-13-8-9-16(10-14(13)2)21-20-22(3)19(23)18(25-20)12-15-6-5-7-17(11-15)24-4/h5-12H,1-4H3/b18-12+,21-20?. The van der Waals surface area contributed by atoms with Gasteiger partial charge in [0.25, 0.3) is 5.91 Å². The molecule has 0 unspecified atom stereocenters. The maximum Gasteiger partial charge on any atom is 0.266 e. The average Bonchev–Trinajstić information content (AvgIpc) is 2.86. The van der Waals surface area contributed by atoms with E-state index in [0.717, 1.165) is 17.0 Å². The largest absolute Gasteiger partial charge is 0.497 e. The molecule has 3 rings (SSSR count). The summed E-state index contributed by atoms with van der Waals surface area (Å²) in [7, 11) is 3.38. The second-order valence-electron chi connectivity index (χ2n) is 5.91. The Balaban J connectivity index is 1.89. The van der Waals surface area contributed by atoms with Gasteiger partial charge >= 0.3 is 0 Å². The van der Waals surface area contributed by atoms with Crippen molar-refractivity contribution in [2.24, 2.45) is 4.99 Å². The van der Waals surface area contributed by atoms with E-state index in [9.17, 15) is 4.79 Å². The number of amides is 1. The van der Waals surface area contributed by atoms with Crippen LogP contribution in [-0.2, 0) is 4.79 Å². The summed E-state index contributed by atoms with van der Waals surface area (Å²) >= 11 is 1.39. The van der Waals surface area contributed by atoms with Gasteiger partial charge in [-0.3, -0.25) is 9.69 Å². The third-order valence-electron chi connectivity index (χ3n) is 4.11. The molecule has 1 aliphatic rings. The molecular formula is C20H20N2O2S. The van der Waals surface area contributed by atoms with Gasteiger partial charge in [0, 0.05) is 7.05 Å². The Morgan fingerprint density at radius 2 is 1.92 bits per heavy atom. The van der Waals surface area contributed by atoms with Gasteiger partial charge in [0.05, 0.1) is 17.7 Å². The number of aliphatic imine (C=N–C) groups is 1. The number of benzene rings is 2. The van der Waals surface area contributed by atoms with Crippen LogP contribution in [0.2, 0.25) is 0 Å². The van der Waals surface area contributed by atoms with Gasteiger partial charge < -0.3 is 4.74 Å². The number of rotatable bonds is 3. The highest BCUT2D eigenvalue weighted by Crippen LogP contribution is 2.33. The van der Waals surface area contributed by atoms with Crippen molar-refractivity contribution in [3.63, 3.8) is 0 Å². The van der Waals surface area contributed by atoms with Gasteiger partial charge in [-0.15, -0.1) is 0 Å². The highest BCUT2D eigenvalue weighted by molar-refractivity contribution is 8.18. The molecule has 0 spiro atoms. The first-order valence-corrected chi connectivity index (χ1v) is 8.77. The van der Waals surface area contributed by atoms with Crippen molar-refractivity contribution in [3.05, 3.63) is 64.1 Å². The van der Waals surface area contributed by atoms with Gasteiger partial charge in [-0.05, 0) is 72.6 Å². The molecule has 1 heterocycles. The van der Waals surface area contributed by atoms with Crippen molar-refractivity contribution in [2.75, 3.05) is 14.2 Å². The first kappa shape index (κ1) is 17.3. The Morgan fingerprint density at radius 3 is 2.64 bits per heavy atom. The fraction of sp³-hybridized carbons (Fsp3) is 0.200. The van der Waals surface area contributed by atoms with E-state index in [4.69, 9.17) is 4.74 Å². The molecule has 0 bridgehead atoms. The van der Waals surface area contributed by atoms with E-state index in [-0.39, 0.29) is 5.91 Å². The van der Waals surface area contributed by atoms with Crippen LogP contribution >= 0.6 is 11.8 Å². The van der Waals surface area contributed by atoms with Gasteiger partial charge in [-0.1, -0.05) is 18.2 Å². The summed E-state index contributed by atoms with van der Waals surface area (Å²) in [6, 6.07) is 13.7. The van der Waals surface area contributed by atoms with E-state index in [0.29, 0.717) is 10.1 Å². The quantitative estimate of drug-likeness (QED) is 0.761. The molecule has 1 aliphatic heterocycles. The number of aryl methyl sites for hydroxylation is 2. The third kappa shape index (κ3) is 3.77. The molecule has 0 aromatic heterocycles. The summed E-state index contributed by atoms with van der Waals surface area (Å²) in [5.74, 6) is 0.720. The van der Waals surface area contributed by atoms with Gasteiger partial charge in [0.15, 0.2) is 5.17 Å². The molecule has 0 radical (unpaired) electrons. The van der Waals surface area contributed by atoms with Crippen LogP contribution in [0.25, 0.3) is 6.08 Å². The summed E-state index contributed by atoms with van der Waals surface area (Å²) in [5, 5.41) is 0.683. The molecule has 1 amide bonds. The zero-order valence-corrected chi connectivity index (χ0v) is 15.6. The first-order chi connectivity index (χ1) is 12.0. The number of thioether (sulfide) groups is 1. The number of ether oxygens (including phenoxy) is 1. The molecule has 128 valence electrons. The second kappa shape index (κ2) is 7.15. The minimum Gasteiger partial charge on any atom is -0.497 e. The molecule has 1 fully saturated rings. The summed E-state index contributed by atoms with van der Waals surface area (Å²) in [6.07, 6.45) is 1.87. The molecule has 2 aromatic carbocycles. The van der Waals surface area contributed by atoms with Crippen LogP contribution in [0.4, 0.5) is 5.69 Å². The first-order valence-electron chi connectivity index (χ1n) is 7.95. The number of likely N-dealkylation sites (N-methyl/N-ethyl adjacent to an activating group) is 1. The molecule has 0 N–H and O–H groups in total. The Bertz CT molecular complexity index is 887. The summed E-state index contributed by atoms with van der Waals surface area (Å²) in [6.45, 7) is 4.13. The predicted molar refractivity (Wildman–Crippen MR) is 104 cm³/mol. The highest BCUT2D eigenvalue weighted by Gasteiger charge is 2.30. The molecule has 0 saturated carbocycles. The van der Waals surface area contributed by atoms with Crippen LogP contribution in [0.15, 0.2) is 52.4 Å². The van der Waals surface area contributed by atoms with Crippen LogP contribution in [0.1, 0.15) is 16.7 Å². The lowest BCUT2D eigenvalue weighted by atomic mass is 10.1. The number of hydrogen-bond acceptors (Lipinski definition) is 4. The lowest BCUT2D eigenvalue weighted by Gasteiger charge is -2.08. The summed E-state index contributed by atoms with van der Waals surface area (Å²) < 4.78 is 5.23. The minimum absolute atomic E-state index is 0.0459. The van der Waals surface area contributed by atoms with E-state index in [1.807, 2.05) is 48.5 Å². The van der Waals surface area contributed by atoms with E-state index >= 15 is 0 Å². The van der Waals surface area contributed by atoms with Gasteiger partial charge in [-0.25, -0.2) is 4.99 Å². The molecule has 5 heteroatoms. The third-order valence-corrected chi connectivity index (χ3v) is 5.17. The van der Waals surface area contributed by atoms with Crippen molar-refractivity contribution in [1.29, 1.82) is 0 Å². The van der Waals surface area contributed by atoms with Crippen LogP contribution in [-0.4, -0.2) is 30.1 Å². The minimum atomic E-state index is -0.0459. The van der Waals surface area contributed by atoms with Crippen LogP contribution in [0.5, 0.6) is 5.75 Å². The van der Waals surface area contributed by atoms with Gasteiger partial charge in [0.2, 0.25) is 0 Å². The van der Waals surface area contributed by atoms with Crippen LogP contribution in [0.3, 0.4) is 0 Å². The van der Waals surface area contributed by atoms with Gasteiger partial charge in [-0.2, -0.15) is 0 Å². The number of carbonyl (C=O) groups is 1. The fourth-order valence-electron chi connectivity index (χ4n) is 2.44.